The van der Waals surface area contributed by atoms with E-state index < -0.39 is 17.1 Å². The van der Waals surface area contributed by atoms with Crippen LogP contribution >= 0.6 is 33.9 Å². The summed E-state index contributed by atoms with van der Waals surface area (Å²) in [6.45, 7) is 6.73. The van der Waals surface area contributed by atoms with Gasteiger partial charge in [0.05, 0.1) is 29.3 Å². The lowest BCUT2D eigenvalue weighted by Crippen LogP contribution is -2.26. The zero-order chi connectivity index (χ0) is 21.1. The number of hydroxylamine groups is 1. The number of carbonyl (C=O) groups is 2. The predicted molar refractivity (Wildman–Crippen MR) is 116 cm³/mol. The van der Waals surface area contributed by atoms with E-state index in [0.717, 1.165) is 14.9 Å². The molecule has 0 aliphatic carbocycles. The monoisotopic (exact) mass is 520 g/mol. The van der Waals surface area contributed by atoms with Gasteiger partial charge in [0.15, 0.2) is 5.78 Å². The molecule has 0 radical (unpaired) electrons. The van der Waals surface area contributed by atoms with Gasteiger partial charge in [0.25, 0.3) is 5.91 Å². The topological polar surface area (TPSA) is 87.7 Å². The van der Waals surface area contributed by atoms with E-state index >= 15 is 0 Å². The maximum absolute atomic E-state index is 14.3. The highest BCUT2D eigenvalue weighted by Gasteiger charge is 2.31. The molecule has 0 atom stereocenters. The smallest absolute Gasteiger partial charge is 0.278 e. The van der Waals surface area contributed by atoms with E-state index in [2.05, 4.69) is 10.8 Å². The summed E-state index contributed by atoms with van der Waals surface area (Å²) in [6, 6.07) is 4.67. The van der Waals surface area contributed by atoms with Crippen LogP contribution in [0.3, 0.4) is 0 Å². The van der Waals surface area contributed by atoms with Crippen LogP contribution in [0.5, 0.6) is 0 Å². The molecule has 152 valence electrons. The van der Waals surface area contributed by atoms with Crippen LogP contribution in [0.2, 0.25) is 0 Å². The molecule has 0 saturated carbocycles. The lowest BCUT2D eigenvalue weighted by atomic mass is 9.88. The first-order chi connectivity index (χ1) is 13.1. The van der Waals surface area contributed by atoms with E-state index in [1.54, 1.807) is 39.8 Å². The average Bonchev–Trinajstić information content (AvgIpc) is 2.92. The molecule has 0 aliphatic heterocycles. The fourth-order valence-corrected chi connectivity index (χ4v) is 4.18. The Balaban J connectivity index is 2.49. The van der Waals surface area contributed by atoms with Gasteiger partial charge in [-0.05, 0) is 53.3 Å². The Labute approximate surface area is 180 Å². The van der Waals surface area contributed by atoms with Gasteiger partial charge < -0.3 is 10.4 Å². The number of hydrogen-bond donors (Lipinski definition) is 3. The van der Waals surface area contributed by atoms with E-state index in [4.69, 9.17) is 9.94 Å². The molecule has 0 fully saturated rings. The number of hydrogen-bond acceptors (Lipinski definition) is 6. The summed E-state index contributed by atoms with van der Waals surface area (Å²) < 4.78 is 15.0. The Hall–Kier alpha value is -1.56. The third-order valence-electron chi connectivity index (χ3n) is 3.80. The number of amides is 1. The Morgan fingerprint density at radius 2 is 2.00 bits per heavy atom. The van der Waals surface area contributed by atoms with Crippen molar-refractivity contribution in [2.45, 2.75) is 27.7 Å². The Kier molecular flexibility index (Phi) is 7.54. The number of anilines is 2. The number of ketones is 1. The fraction of sp³-hybridized carbons (Fsp3) is 0.368. The van der Waals surface area contributed by atoms with Crippen LogP contribution in [-0.4, -0.2) is 30.0 Å². The van der Waals surface area contributed by atoms with Crippen molar-refractivity contribution in [3.05, 3.63) is 43.6 Å². The minimum absolute atomic E-state index is 0.0722. The predicted octanol–water partition coefficient (Wildman–Crippen LogP) is 4.43. The molecule has 3 N–H and O–H groups in total. The molecule has 1 amide bonds. The van der Waals surface area contributed by atoms with Crippen molar-refractivity contribution in [3.63, 3.8) is 0 Å². The molecule has 6 nitrogen and oxygen atoms in total. The zero-order valence-electron chi connectivity index (χ0n) is 16.0. The first kappa shape index (κ1) is 22.7. The summed E-state index contributed by atoms with van der Waals surface area (Å²) in [4.78, 5) is 30.8. The lowest BCUT2D eigenvalue weighted by molar-refractivity contribution is 0.0169. The van der Waals surface area contributed by atoms with Gasteiger partial charge in [-0.15, -0.1) is 11.3 Å². The van der Waals surface area contributed by atoms with Crippen LogP contribution in [0.1, 0.15) is 46.4 Å². The fourth-order valence-electron chi connectivity index (χ4n) is 2.36. The molecule has 2 rings (SSSR count). The van der Waals surface area contributed by atoms with Gasteiger partial charge in [-0.1, -0.05) is 20.8 Å². The van der Waals surface area contributed by atoms with Gasteiger partial charge in [-0.3, -0.25) is 14.4 Å². The third-order valence-corrected chi connectivity index (χ3v) is 5.68. The molecule has 1 aromatic carbocycles. The first-order valence-electron chi connectivity index (χ1n) is 8.49. The van der Waals surface area contributed by atoms with E-state index in [1.807, 2.05) is 22.6 Å². The van der Waals surface area contributed by atoms with Crippen LogP contribution in [0.4, 0.5) is 15.1 Å². The summed E-state index contributed by atoms with van der Waals surface area (Å²) in [5.74, 6) is -1.16. The van der Waals surface area contributed by atoms with E-state index in [1.165, 1.54) is 6.07 Å². The normalized spacial score (nSPS) is 11.4. The summed E-state index contributed by atoms with van der Waals surface area (Å²) in [6.07, 6.45) is 0. The van der Waals surface area contributed by atoms with E-state index in [9.17, 15) is 14.0 Å². The summed E-state index contributed by atoms with van der Waals surface area (Å²) in [5, 5.41) is 12.1. The Morgan fingerprint density at radius 1 is 1.32 bits per heavy atom. The molecular formula is C19H22FIN2O4S. The molecule has 1 aromatic heterocycles. The van der Waals surface area contributed by atoms with Gasteiger partial charge in [0.1, 0.15) is 10.8 Å². The quantitative estimate of drug-likeness (QED) is 0.218. The van der Waals surface area contributed by atoms with Crippen molar-refractivity contribution in [2.75, 3.05) is 18.5 Å². The molecule has 0 spiro atoms. The standard InChI is InChI=1S/C19H22FIN2O4S/c1-10-14(17(26)23-27-8-7-24)18(28-15(10)16(25)19(2,3)4)22-13-6-5-11(21)9-12(13)20/h5-6,9,22,24H,7-8H2,1-4H3,(H,23,26). The van der Waals surface area contributed by atoms with Gasteiger partial charge >= 0.3 is 0 Å². The second-order valence-corrected chi connectivity index (χ2v) is 9.36. The highest BCUT2D eigenvalue weighted by Crippen LogP contribution is 2.38. The van der Waals surface area contributed by atoms with E-state index in [-0.39, 0.29) is 30.2 Å². The minimum Gasteiger partial charge on any atom is -0.394 e. The summed E-state index contributed by atoms with van der Waals surface area (Å²) in [7, 11) is 0. The first-order valence-corrected chi connectivity index (χ1v) is 10.4. The van der Waals surface area contributed by atoms with Crippen LogP contribution in [0, 0.1) is 21.7 Å². The number of aliphatic hydroxyl groups is 1. The molecule has 0 unspecified atom stereocenters. The number of thiophene rings is 1. The third kappa shape index (κ3) is 5.28. The molecule has 1 heterocycles. The number of rotatable bonds is 7. The van der Waals surface area contributed by atoms with Gasteiger partial charge in [-0.2, -0.15) is 0 Å². The van der Waals surface area contributed by atoms with Crippen molar-refractivity contribution in [1.29, 1.82) is 0 Å². The van der Waals surface area contributed by atoms with Gasteiger partial charge in [-0.25, -0.2) is 9.87 Å². The maximum Gasteiger partial charge on any atom is 0.278 e. The molecule has 0 saturated heterocycles. The Morgan fingerprint density at radius 3 is 2.57 bits per heavy atom. The van der Waals surface area contributed by atoms with E-state index in [0.29, 0.717) is 15.4 Å². The molecule has 0 aliphatic rings. The number of carbonyl (C=O) groups excluding carboxylic acids is 2. The van der Waals surface area contributed by atoms with Crippen molar-refractivity contribution >= 4 is 56.3 Å². The van der Waals surface area contributed by atoms with Crippen molar-refractivity contribution < 1.29 is 23.9 Å². The van der Waals surface area contributed by atoms with Crippen LogP contribution in [0.15, 0.2) is 18.2 Å². The largest absolute Gasteiger partial charge is 0.394 e. The van der Waals surface area contributed by atoms with Crippen LogP contribution in [-0.2, 0) is 4.84 Å². The highest BCUT2D eigenvalue weighted by atomic mass is 127. The number of halogens is 2. The van der Waals surface area contributed by atoms with Crippen molar-refractivity contribution in [2.24, 2.45) is 5.41 Å². The van der Waals surface area contributed by atoms with Crippen LogP contribution in [0.25, 0.3) is 0 Å². The maximum atomic E-state index is 14.3. The second kappa shape index (κ2) is 9.29. The van der Waals surface area contributed by atoms with Crippen LogP contribution < -0.4 is 10.8 Å². The van der Waals surface area contributed by atoms with Gasteiger partial charge in [0, 0.05) is 8.99 Å². The number of benzene rings is 1. The summed E-state index contributed by atoms with van der Waals surface area (Å²) >= 11 is 3.11. The molecule has 0 bridgehead atoms. The van der Waals surface area contributed by atoms with Crippen molar-refractivity contribution in [3.8, 4) is 0 Å². The average molecular weight is 520 g/mol. The number of aliphatic hydroxyl groups excluding tert-OH is 1. The Bertz CT molecular complexity index is 893. The SMILES string of the molecule is Cc1c(C(=O)C(C)(C)C)sc(Nc2ccc(I)cc2F)c1C(=O)NOCCO. The van der Waals surface area contributed by atoms with Crippen molar-refractivity contribution in [1.82, 2.24) is 5.48 Å². The number of nitrogens with one attached hydrogen (secondary N) is 2. The molecular weight excluding hydrogens is 498 g/mol. The molecule has 9 heteroatoms. The lowest BCUT2D eigenvalue weighted by Gasteiger charge is -2.15. The van der Waals surface area contributed by atoms with Gasteiger partial charge in [0.2, 0.25) is 0 Å². The second-order valence-electron chi connectivity index (χ2n) is 7.09. The highest BCUT2D eigenvalue weighted by molar-refractivity contribution is 14.1. The minimum atomic E-state index is -0.637. The zero-order valence-corrected chi connectivity index (χ0v) is 19.0. The molecule has 28 heavy (non-hydrogen) atoms. The summed E-state index contributed by atoms with van der Waals surface area (Å²) in [5.41, 5.74) is 2.49. The number of Topliss-reactive ketones (excluding diaryl/α,β-unsaturated/α-hetero) is 1. The molecule has 2 aromatic rings.